The van der Waals surface area contributed by atoms with Gasteiger partial charge in [0.05, 0.1) is 97.6 Å². The molecule has 1 aromatic carbocycles. The summed E-state index contributed by atoms with van der Waals surface area (Å²) in [5.74, 6) is 0.321. The van der Waals surface area contributed by atoms with E-state index in [9.17, 15) is 4.79 Å². The van der Waals surface area contributed by atoms with Gasteiger partial charge in [0.2, 0.25) is 11.9 Å². The van der Waals surface area contributed by atoms with Gasteiger partial charge in [-0.25, -0.2) is 4.98 Å². The van der Waals surface area contributed by atoms with E-state index < -0.39 is 0 Å². The largest absolute Gasteiger partial charge is 0.379 e. The number of carbonyl (C=O) groups excluding carboxylic acids is 1. The molecule has 0 saturated carbocycles. The first-order valence-electron chi connectivity index (χ1n) is 16.4. The van der Waals surface area contributed by atoms with Gasteiger partial charge in [-0.3, -0.25) is 9.48 Å². The zero-order valence-electron chi connectivity index (χ0n) is 27.7. The van der Waals surface area contributed by atoms with Crippen LogP contribution in [0.3, 0.4) is 0 Å². The van der Waals surface area contributed by atoms with Gasteiger partial charge in [0.15, 0.2) is 0 Å². The molecule has 0 aliphatic rings. The van der Waals surface area contributed by atoms with Crippen molar-refractivity contribution in [1.29, 1.82) is 0 Å². The number of nitrogens with one attached hydrogen (secondary N) is 3. The predicted molar refractivity (Wildman–Crippen MR) is 182 cm³/mol. The molecule has 4 rings (SSSR count). The maximum absolute atomic E-state index is 12.4. The molecule has 48 heavy (non-hydrogen) atoms. The molecule has 3 aromatic heterocycles. The predicted octanol–water partition coefficient (Wildman–Crippen LogP) is 3.36. The number of rotatable bonds is 26. The minimum atomic E-state index is -0.135. The summed E-state index contributed by atoms with van der Waals surface area (Å²) in [6.07, 6.45) is 6.90. The number of ether oxygens (including phenoxy) is 6. The number of aromatic amines is 1. The van der Waals surface area contributed by atoms with Gasteiger partial charge in [0.1, 0.15) is 5.65 Å². The van der Waals surface area contributed by atoms with Gasteiger partial charge in [-0.1, -0.05) is 6.92 Å². The number of aryl methyl sites for hydroxylation is 1. The van der Waals surface area contributed by atoms with Crippen LogP contribution < -0.4 is 16.4 Å². The lowest BCUT2D eigenvalue weighted by Gasteiger charge is -2.10. The third kappa shape index (κ3) is 13.3. The van der Waals surface area contributed by atoms with Crippen molar-refractivity contribution in [1.82, 2.24) is 24.7 Å². The molecular weight excluding hydrogens is 620 g/mol. The Morgan fingerprint density at radius 2 is 1.38 bits per heavy atom. The van der Waals surface area contributed by atoms with Crippen molar-refractivity contribution < 1.29 is 33.2 Å². The molecule has 15 nitrogen and oxygen atoms in total. The normalized spacial score (nSPS) is 11.4. The fourth-order valence-corrected chi connectivity index (χ4v) is 4.49. The molecule has 0 atom stereocenters. The maximum Gasteiger partial charge on any atom is 0.229 e. The molecule has 0 unspecified atom stereocenters. The number of amides is 1. The number of aromatic nitrogens is 5. The fraction of sp³-hybridized carbons (Fsp3) is 0.515. The van der Waals surface area contributed by atoms with E-state index in [1.54, 1.807) is 0 Å². The van der Waals surface area contributed by atoms with Gasteiger partial charge in [0.25, 0.3) is 0 Å². The van der Waals surface area contributed by atoms with Crippen LogP contribution in [0.1, 0.15) is 19.8 Å². The molecule has 0 radical (unpaired) electrons. The zero-order chi connectivity index (χ0) is 33.7. The van der Waals surface area contributed by atoms with E-state index in [4.69, 9.17) is 39.1 Å². The molecule has 4 aromatic rings. The Kier molecular flexibility index (Phi) is 16.8. The first-order valence-corrected chi connectivity index (χ1v) is 16.4. The van der Waals surface area contributed by atoms with Crippen molar-refractivity contribution in [3.63, 3.8) is 0 Å². The second-order valence-corrected chi connectivity index (χ2v) is 10.6. The molecule has 0 saturated heterocycles. The van der Waals surface area contributed by atoms with E-state index >= 15 is 0 Å². The Morgan fingerprint density at radius 3 is 1.98 bits per heavy atom. The van der Waals surface area contributed by atoms with Crippen molar-refractivity contribution >= 4 is 34.3 Å². The molecule has 0 bridgehead atoms. The second kappa shape index (κ2) is 21.8. The van der Waals surface area contributed by atoms with E-state index in [0.717, 1.165) is 40.9 Å². The summed E-state index contributed by atoms with van der Waals surface area (Å²) < 4.78 is 34.4. The van der Waals surface area contributed by atoms with Crippen LogP contribution in [0, 0.1) is 0 Å². The van der Waals surface area contributed by atoms with Gasteiger partial charge in [-0.2, -0.15) is 10.1 Å². The first kappa shape index (κ1) is 36.9. The van der Waals surface area contributed by atoms with Crippen LogP contribution in [0.25, 0.3) is 22.3 Å². The second-order valence-electron chi connectivity index (χ2n) is 10.6. The van der Waals surface area contributed by atoms with Gasteiger partial charge >= 0.3 is 0 Å². The van der Waals surface area contributed by atoms with Gasteiger partial charge in [-0.05, 0) is 36.8 Å². The van der Waals surface area contributed by atoms with E-state index in [-0.39, 0.29) is 12.3 Å². The van der Waals surface area contributed by atoms with Crippen LogP contribution in [0.5, 0.6) is 0 Å². The van der Waals surface area contributed by atoms with E-state index in [1.807, 2.05) is 53.6 Å². The number of nitrogens with two attached hydrogens (primary N) is 1. The summed E-state index contributed by atoms with van der Waals surface area (Å²) in [5, 5.41) is 11.5. The Hall–Kier alpha value is -3.96. The standard InChI is InChI=1S/C33H48N8O7/c1-2-11-41-25-26(24-36-41)31-29-7-10-35-32(29)40-33(39-31)38-28-5-3-27(4-6-28)37-30(42)8-12-43-14-16-45-18-20-47-22-23-48-21-19-46-17-15-44-13-9-34/h3-7,10,24-25H,2,8-9,11-23,34H2,1H3,(H,37,42)(H2,35,38,39,40). The summed E-state index contributed by atoms with van der Waals surface area (Å²) in [6, 6.07) is 9.33. The van der Waals surface area contributed by atoms with Crippen LogP contribution in [0.15, 0.2) is 48.9 Å². The van der Waals surface area contributed by atoms with Crippen molar-refractivity contribution in [2.24, 2.45) is 5.73 Å². The van der Waals surface area contributed by atoms with Gasteiger partial charge < -0.3 is 49.8 Å². The molecular formula is C33H48N8O7. The number of nitrogens with zero attached hydrogens (tertiary/aromatic N) is 4. The van der Waals surface area contributed by atoms with E-state index in [0.29, 0.717) is 97.5 Å². The number of fused-ring (bicyclic) bond motifs is 1. The lowest BCUT2D eigenvalue weighted by atomic mass is 10.2. The molecule has 0 fully saturated rings. The molecule has 15 heteroatoms. The van der Waals surface area contributed by atoms with Crippen LogP contribution in [0.2, 0.25) is 0 Å². The minimum Gasteiger partial charge on any atom is -0.379 e. The number of hydrogen-bond acceptors (Lipinski definition) is 12. The highest BCUT2D eigenvalue weighted by molar-refractivity contribution is 5.92. The fourth-order valence-electron chi connectivity index (χ4n) is 4.49. The van der Waals surface area contributed by atoms with Crippen molar-refractivity contribution in [2.45, 2.75) is 26.3 Å². The summed E-state index contributed by atoms with van der Waals surface area (Å²) in [7, 11) is 0. The van der Waals surface area contributed by atoms with Crippen molar-refractivity contribution in [3.05, 3.63) is 48.9 Å². The number of H-pyrrole nitrogens is 1. The average Bonchev–Trinajstić information content (AvgIpc) is 3.77. The first-order chi connectivity index (χ1) is 23.7. The molecule has 262 valence electrons. The Morgan fingerprint density at radius 1 is 0.792 bits per heavy atom. The Bertz CT molecular complexity index is 1460. The lowest BCUT2D eigenvalue weighted by Crippen LogP contribution is -2.16. The molecule has 1 amide bonds. The number of carbonyl (C=O) groups is 1. The third-order valence-electron chi connectivity index (χ3n) is 6.80. The van der Waals surface area contributed by atoms with Crippen molar-refractivity contribution in [3.8, 4) is 11.3 Å². The Balaban J connectivity index is 1.03. The van der Waals surface area contributed by atoms with E-state index in [1.165, 1.54) is 0 Å². The van der Waals surface area contributed by atoms with Crippen LogP contribution in [0.4, 0.5) is 17.3 Å². The number of hydrogen-bond donors (Lipinski definition) is 4. The van der Waals surface area contributed by atoms with Crippen LogP contribution >= 0.6 is 0 Å². The monoisotopic (exact) mass is 668 g/mol. The quantitative estimate of drug-likeness (QED) is 0.0718. The van der Waals surface area contributed by atoms with Gasteiger partial charge in [0, 0.05) is 47.8 Å². The average molecular weight is 669 g/mol. The molecule has 0 aliphatic carbocycles. The highest BCUT2D eigenvalue weighted by Gasteiger charge is 2.13. The summed E-state index contributed by atoms with van der Waals surface area (Å²) in [4.78, 5) is 24.9. The summed E-state index contributed by atoms with van der Waals surface area (Å²) in [5.41, 5.74) is 9.27. The molecule has 5 N–H and O–H groups in total. The number of benzene rings is 1. The SMILES string of the molecule is CCCn1cc(-c2nc(Nc3ccc(NC(=O)CCOCCOCCOCCOCCOCCOCCN)cc3)nc3[nH]ccc23)cn1. The topological polar surface area (TPSA) is 182 Å². The lowest BCUT2D eigenvalue weighted by molar-refractivity contribution is -0.117. The third-order valence-corrected chi connectivity index (χ3v) is 6.80. The van der Waals surface area contributed by atoms with Crippen LogP contribution in [-0.4, -0.2) is 116 Å². The number of anilines is 3. The zero-order valence-corrected chi connectivity index (χ0v) is 27.7. The molecule has 3 heterocycles. The molecule has 0 aliphatic heterocycles. The summed E-state index contributed by atoms with van der Waals surface area (Å²) >= 11 is 0. The maximum atomic E-state index is 12.4. The van der Waals surface area contributed by atoms with Gasteiger partial charge in [-0.15, -0.1) is 0 Å². The highest BCUT2D eigenvalue weighted by Crippen LogP contribution is 2.28. The minimum absolute atomic E-state index is 0.135. The summed E-state index contributed by atoms with van der Waals surface area (Å²) in [6.45, 7) is 9.13. The highest BCUT2D eigenvalue weighted by atomic mass is 16.6. The van der Waals surface area contributed by atoms with Crippen LogP contribution in [-0.2, 0) is 39.8 Å². The smallest absolute Gasteiger partial charge is 0.229 e. The molecule has 0 spiro atoms. The Labute approximate surface area is 280 Å². The van der Waals surface area contributed by atoms with Crippen molar-refractivity contribution in [2.75, 3.05) is 96.5 Å². The van der Waals surface area contributed by atoms with E-state index in [2.05, 4.69) is 32.6 Å².